The Morgan fingerprint density at radius 2 is 2.07 bits per heavy atom. The van der Waals surface area contributed by atoms with Crippen molar-refractivity contribution >= 4 is 5.82 Å². The highest BCUT2D eigenvalue weighted by molar-refractivity contribution is 5.36. The van der Waals surface area contributed by atoms with Gasteiger partial charge in [-0.15, -0.1) is 0 Å². The van der Waals surface area contributed by atoms with E-state index in [2.05, 4.69) is 36.2 Å². The molecule has 0 spiro atoms. The van der Waals surface area contributed by atoms with Crippen LogP contribution in [0.25, 0.3) is 0 Å². The van der Waals surface area contributed by atoms with Crippen LogP contribution in [0.1, 0.15) is 32.3 Å². The smallest absolute Gasteiger partial charge is 0.156 e. The second-order valence-electron chi connectivity index (χ2n) is 4.38. The van der Waals surface area contributed by atoms with Crippen LogP contribution in [-0.4, -0.2) is 17.1 Å². The van der Waals surface area contributed by atoms with Crippen molar-refractivity contribution in [1.82, 2.24) is 9.97 Å². The van der Waals surface area contributed by atoms with E-state index in [1.165, 1.54) is 0 Å². The second-order valence-corrected chi connectivity index (χ2v) is 4.38. The van der Waals surface area contributed by atoms with E-state index in [9.17, 15) is 0 Å². The number of aromatic nitrogens is 2. The summed E-state index contributed by atoms with van der Waals surface area (Å²) in [6.07, 6.45) is 0. The molecule has 5 heteroatoms. The molecule has 15 heavy (non-hydrogen) atoms. The largest absolute Gasteiger partial charge is 0.377 e. The van der Waals surface area contributed by atoms with E-state index < -0.39 is 0 Å². The summed E-state index contributed by atoms with van der Waals surface area (Å²) in [6, 6.07) is 1.85. The zero-order chi connectivity index (χ0) is 11.5. The van der Waals surface area contributed by atoms with E-state index in [-0.39, 0.29) is 5.41 Å². The summed E-state index contributed by atoms with van der Waals surface area (Å²) in [5, 5.41) is 0. The number of nitrogen functional groups attached to an aromatic ring is 1. The summed E-state index contributed by atoms with van der Waals surface area (Å²) in [7, 11) is 1.61. The molecule has 3 N–H and O–H groups in total. The van der Waals surface area contributed by atoms with E-state index in [0.717, 1.165) is 5.69 Å². The molecule has 0 aliphatic rings. The lowest BCUT2D eigenvalue weighted by molar-refractivity contribution is 0.177. The summed E-state index contributed by atoms with van der Waals surface area (Å²) in [5.41, 5.74) is 3.44. The maximum Gasteiger partial charge on any atom is 0.156 e. The Bertz CT molecular complexity index is 333. The molecule has 0 atom stereocenters. The fraction of sp³-hybridized carbons (Fsp3) is 0.600. The molecule has 0 bridgehead atoms. The molecule has 0 aliphatic heterocycles. The van der Waals surface area contributed by atoms with Gasteiger partial charge in [-0.05, 0) is 0 Å². The zero-order valence-corrected chi connectivity index (χ0v) is 9.66. The summed E-state index contributed by atoms with van der Waals surface area (Å²) in [4.78, 5) is 8.59. The van der Waals surface area contributed by atoms with Crippen LogP contribution in [0, 0.1) is 0 Å². The van der Waals surface area contributed by atoms with E-state index in [1.807, 2.05) is 6.07 Å². The van der Waals surface area contributed by atoms with Gasteiger partial charge < -0.3 is 10.2 Å². The molecular formula is C10H18N4O. The van der Waals surface area contributed by atoms with Gasteiger partial charge >= 0.3 is 0 Å². The third-order valence-corrected chi connectivity index (χ3v) is 1.96. The third kappa shape index (κ3) is 3.14. The highest BCUT2D eigenvalue weighted by Crippen LogP contribution is 2.21. The predicted molar refractivity (Wildman–Crippen MR) is 59.3 cm³/mol. The first-order valence-electron chi connectivity index (χ1n) is 4.81. The number of hydrogen-bond acceptors (Lipinski definition) is 5. The van der Waals surface area contributed by atoms with Crippen molar-refractivity contribution in [3.63, 3.8) is 0 Å². The minimum absolute atomic E-state index is 0.0307. The maximum atomic E-state index is 5.35. The Labute approximate surface area is 90.0 Å². The SMILES string of the molecule is COCc1nc(NN)cc(C(C)(C)C)n1. The van der Waals surface area contributed by atoms with Crippen LogP contribution in [-0.2, 0) is 16.8 Å². The zero-order valence-electron chi connectivity index (χ0n) is 9.66. The molecule has 1 aromatic rings. The predicted octanol–water partition coefficient (Wildman–Crippen LogP) is 1.21. The van der Waals surface area contributed by atoms with Crippen LogP contribution in [0.2, 0.25) is 0 Å². The Hall–Kier alpha value is -1.20. The molecule has 0 saturated heterocycles. The van der Waals surface area contributed by atoms with Crippen molar-refractivity contribution in [3.8, 4) is 0 Å². The monoisotopic (exact) mass is 210 g/mol. The standard InChI is InChI=1S/C10H18N4O/c1-10(2,3)7-5-8(14-11)13-9(12-7)6-15-4/h5H,6,11H2,1-4H3,(H,12,13,14). The van der Waals surface area contributed by atoms with Crippen LogP contribution < -0.4 is 11.3 Å². The van der Waals surface area contributed by atoms with Crippen LogP contribution in [0.4, 0.5) is 5.82 Å². The minimum Gasteiger partial charge on any atom is -0.377 e. The number of ether oxygens (including phenoxy) is 1. The van der Waals surface area contributed by atoms with Gasteiger partial charge in [-0.25, -0.2) is 15.8 Å². The molecule has 0 aromatic carbocycles. The van der Waals surface area contributed by atoms with Gasteiger partial charge in [0.1, 0.15) is 12.4 Å². The van der Waals surface area contributed by atoms with Crippen molar-refractivity contribution in [2.75, 3.05) is 12.5 Å². The van der Waals surface area contributed by atoms with Crippen molar-refractivity contribution in [3.05, 3.63) is 17.6 Å². The third-order valence-electron chi connectivity index (χ3n) is 1.96. The fourth-order valence-corrected chi connectivity index (χ4v) is 1.15. The fourth-order valence-electron chi connectivity index (χ4n) is 1.15. The molecule has 0 radical (unpaired) electrons. The summed E-state index contributed by atoms with van der Waals surface area (Å²) >= 11 is 0. The first-order chi connectivity index (χ1) is 6.97. The van der Waals surface area contributed by atoms with Crippen LogP contribution in [0.3, 0.4) is 0 Å². The van der Waals surface area contributed by atoms with E-state index in [1.54, 1.807) is 7.11 Å². The van der Waals surface area contributed by atoms with Crippen LogP contribution >= 0.6 is 0 Å². The Balaban J connectivity index is 3.11. The van der Waals surface area contributed by atoms with Gasteiger partial charge in [0, 0.05) is 18.6 Å². The van der Waals surface area contributed by atoms with E-state index in [0.29, 0.717) is 18.2 Å². The average Bonchev–Trinajstić information content (AvgIpc) is 2.16. The summed E-state index contributed by atoms with van der Waals surface area (Å²) < 4.78 is 5.00. The molecule has 1 rings (SSSR count). The van der Waals surface area contributed by atoms with Gasteiger partial charge in [0.15, 0.2) is 5.82 Å². The average molecular weight is 210 g/mol. The van der Waals surface area contributed by atoms with Gasteiger partial charge in [0.25, 0.3) is 0 Å². The number of rotatable bonds is 3. The molecule has 0 aliphatic carbocycles. The maximum absolute atomic E-state index is 5.35. The lowest BCUT2D eigenvalue weighted by atomic mass is 9.92. The number of methoxy groups -OCH3 is 1. The Kier molecular flexibility index (Phi) is 3.60. The van der Waals surface area contributed by atoms with E-state index in [4.69, 9.17) is 10.6 Å². The lowest BCUT2D eigenvalue weighted by Gasteiger charge is -2.19. The van der Waals surface area contributed by atoms with Crippen molar-refractivity contribution in [2.24, 2.45) is 5.84 Å². The van der Waals surface area contributed by atoms with Crippen molar-refractivity contribution in [1.29, 1.82) is 0 Å². The van der Waals surface area contributed by atoms with Crippen LogP contribution in [0.15, 0.2) is 6.07 Å². The number of nitrogens with two attached hydrogens (primary N) is 1. The molecule has 0 fully saturated rings. The molecule has 1 heterocycles. The minimum atomic E-state index is -0.0307. The van der Waals surface area contributed by atoms with E-state index >= 15 is 0 Å². The normalized spacial score (nSPS) is 11.5. The molecule has 1 aromatic heterocycles. The quantitative estimate of drug-likeness (QED) is 0.579. The molecule has 0 unspecified atom stereocenters. The number of nitrogens with one attached hydrogen (secondary N) is 1. The molecule has 5 nitrogen and oxygen atoms in total. The van der Waals surface area contributed by atoms with Crippen molar-refractivity contribution < 1.29 is 4.74 Å². The van der Waals surface area contributed by atoms with Gasteiger partial charge in [-0.1, -0.05) is 20.8 Å². The Morgan fingerprint density at radius 1 is 1.40 bits per heavy atom. The first kappa shape index (κ1) is 11.9. The molecular weight excluding hydrogens is 192 g/mol. The van der Waals surface area contributed by atoms with Gasteiger partial charge in [0.05, 0.1) is 5.69 Å². The molecule has 84 valence electrons. The van der Waals surface area contributed by atoms with Gasteiger partial charge in [-0.2, -0.15) is 0 Å². The Morgan fingerprint density at radius 3 is 2.53 bits per heavy atom. The topological polar surface area (TPSA) is 73.1 Å². The lowest BCUT2D eigenvalue weighted by Crippen LogP contribution is -2.18. The number of hydrogen-bond donors (Lipinski definition) is 2. The number of hydrazine groups is 1. The van der Waals surface area contributed by atoms with Gasteiger partial charge in [0.2, 0.25) is 0 Å². The van der Waals surface area contributed by atoms with Crippen LogP contribution in [0.5, 0.6) is 0 Å². The molecule has 0 amide bonds. The number of nitrogens with zero attached hydrogens (tertiary/aromatic N) is 2. The van der Waals surface area contributed by atoms with Crippen molar-refractivity contribution in [2.45, 2.75) is 32.8 Å². The summed E-state index contributed by atoms with van der Waals surface area (Å²) in [6.45, 7) is 6.66. The number of anilines is 1. The highest BCUT2D eigenvalue weighted by atomic mass is 16.5. The van der Waals surface area contributed by atoms with Gasteiger partial charge in [-0.3, -0.25) is 0 Å². The second kappa shape index (κ2) is 4.55. The summed E-state index contributed by atoms with van der Waals surface area (Å²) in [5.74, 6) is 6.60. The highest BCUT2D eigenvalue weighted by Gasteiger charge is 2.17. The molecule has 0 saturated carbocycles. The first-order valence-corrected chi connectivity index (χ1v) is 4.81.